The number of hydrogen-bond donors (Lipinski definition) is 0. The number of carbonyl (C=O) groups excluding carboxylic acids is 6. The van der Waals surface area contributed by atoms with Gasteiger partial charge in [-0.2, -0.15) is 0 Å². The standard InChI is InChI=1S/C78H144N10O12/c1-67(2)37-55(38-68(3,4)79(67)25)95-61(89)49-85(33-35-87(51-63(91)97-57-41-71(9,10)81(27)72(11,12)42-57)52-64(92)98-58-43-73(13,14)82(28)74(15,16)44-58)31-32-86(50-62(90)96-56-39-69(5,6)80(26)70(7,8)40-56)34-36-88(53-65(93)99-59-45-75(17,18)83(29)76(19,20)46-59)54-66(94)100-60-47-77(21,22)84(30)78(23,24)48-60/h55-60H,31-54H2,1-30H3. The molecule has 0 aromatic carbocycles. The maximum absolute atomic E-state index is 14.7. The Morgan fingerprint density at radius 2 is 0.320 bits per heavy atom. The van der Waals surface area contributed by atoms with Gasteiger partial charge in [0, 0.05) is 183 Å². The fraction of sp³-hybridized carbons (Fsp3) is 0.923. The van der Waals surface area contributed by atoms with Crippen LogP contribution in [-0.4, -0.2) is 309 Å². The summed E-state index contributed by atoms with van der Waals surface area (Å²) in [5.74, 6) is -2.64. The molecule has 578 valence electrons. The van der Waals surface area contributed by atoms with Crippen LogP contribution in [0.1, 0.15) is 243 Å². The number of piperidine rings is 6. The van der Waals surface area contributed by atoms with Crippen LogP contribution in [0.5, 0.6) is 0 Å². The van der Waals surface area contributed by atoms with E-state index in [0.29, 0.717) is 77.0 Å². The molecule has 0 N–H and O–H groups in total. The minimum Gasteiger partial charge on any atom is -0.461 e. The summed E-state index contributed by atoms with van der Waals surface area (Å²) in [6, 6.07) is 0. The summed E-state index contributed by atoms with van der Waals surface area (Å²) in [6.07, 6.45) is 5.50. The molecule has 6 fully saturated rings. The molecule has 22 nitrogen and oxygen atoms in total. The molecule has 6 aliphatic rings. The van der Waals surface area contributed by atoms with E-state index in [1.54, 1.807) is 9.80 Å². The molecular weight excluding hydrogens is 1270 g/mol. The van der Waals surface area contributed by atoms with Crippen molar-refractivity contribution in [2.75, 3.05) is 121 Å². The average Bonchev–Trinajstić information content (AvgIpc) is 0.819. The third-order valence-electron chi connectivity index (χ3n) is 25.7. The maximum atomic E-state index is 14.7. The molecule has 0 unspecified atom stereocenters. The molecule has 0 bridgehead atoms. The highest BCUT2D eigenvalue weighted by atomic mass is 16.6. The van der Waals surface area contributed by atoms with E-state index in [4.69, 9.17) is 28.4 Å². The number of carbonyl (C=O) groups is 6. The number of hydrogen-bond acceptors (Lipinski definition) is 22. The minimum atomic E-state index is -0.453. The first-order valence-electron chi connectivity index (χ1n) is 37.8. The van der Waals surface area contributed by atoms with Gasteiger partial charge in [0.15, 0.2) is 0 Å². The van der Waals surface area contributed by atoms with E-state index in [1.807, 2.05) is 9.80 Å². The van der Waals surface area contributed by atoms with Crippen LogP contribution < -0.4 is 0 Å². The molecule has 22 heteroatoms. The lowest BCUT2D eigenvalue weighted by atomic mass is 9.78. The Morgan fingerprint density at radius 3 is 0.440 bits per heavy atom. The largest absolute Gasteiger partial charge is 0.461 e. The molecule has 100 heavy (non-hydrogen) atoms. The average molecular weight is 1410 g/mol. The third kappa shape index (κ3) is 22.5. The van der Waals surface area contributed by atoms with Crippen LogP contribution in [0.3, 0.4) is 0 Å². The normalized spacial score (nSPS) is 26.0. The Kier molecular flexibility index (Phi) is 26.9. The molecule has 0 aliphatic carbocycles. The summed E-state index contributed by atoms with van der Waals surface area (Å²) in [5.41, 5.74) is -3.00. The van der Waals surface area contributed by atoms with Crippen molar-refractivity contribution >= 4 is 35.8 Å². The Bertz CT molecular complexity index is 2420. The molecule has 0 amide bonds. The molecule has 0 aromatic rings. The molecule has 6 heterocycles. The van der Waals surface area contributed by atoms with Gasteiger partial charge in [-0.3, -0.25) is 77.8 Å². The molecule has 0 atom stereocenters. The summed E-state index contributed by atoms with van der Waals surface area (Å²) >= 11 is 0. The fourth-order valence-electron chi connectivity index (χ4n) is 18.4. The highest BCUT2D eigenvalue weighted by Gasteiger charge is 2.51. The van der Waals surface area contributed by atoms with Gasteiger partial charge in [-0.1, -0.05) is 0 Å². The van der Waals surface area contributed by atoms with Gasteiger partial charge in [0.2, 0.25) is 0 Å². The van der Waals surface area contributed by atoms with Crippen molar-refractivity contribution in [1.29, 1.82) is 0 Å². The molecule has 0 saturated carbocycles. The molecule has 6 aliphatic heterocycles. The van der Waals surface area contributed by atoms with Crippen LogP contribution in [-0.2, 0) is 57.2 Å². The zero-order chi connectivity index (χ0) is 75.9. The zero-order valence-electron chi connectivity index (χ0n) is 68.8. The topological polar surface area (TPSA) is 190 Å². The highest BCUT2D eigenvalue weighted by Crippen LogP contribution is 2.44. The van der Waals surface area contributed by atoms with Gasteiger partial charge >= 0.3 is 35.8 Å². The van der Waals surface area contributed by atoms with Crippen LogP contribution in [0.25, 0.3) is 0 Å². The molecule has 6 rings (SSSR count). The second-order valence-electron chi connectivity index (χ2n) is 39.2. The quantitative estimate of drug-likeness (QED) is 0.0558. The van der Waals surface area contributed by atoms with Gasteiger partial charge in [0.1, 0.15) is 36.6 Å². The van der Waals surface area contributed by atoms with Gasteiger partial charge in [-0.25, -0.2) is 0 Å². The summed E-state index contributed by atoms with van der Waals surface area (Å²) in [5, 5.41) is 0. The van der Waals surface area contributed by atoms with E-state index in [0.717, 1.165) is 0 Å². The lowest BCUT2D eigenvalue weighted by Crippen LogP contribution is -2.60. The zero-order valence-corrected chi connectivity index (χ0v) is 68.8. The van der Waals surface area contributed by atoms with E-state index >= 15 is 0 Å². The number of likely N-dealkylation sites (tertiary alicyclic amines) is 6. The first kappa shape index (κ1) is 85.3. The van der Waals surface area contributed by atoms with E-state index in [-0.39, 0.29) is 182 Å². The van der Waals surface area contributed by atoms with Gasteiger partial charge in [-0.05, 0) is 208 Å². The van der Waals surface area contributed by atoms with E-state index in [1.165, 1.54) is 0 Å². The highest BCUT2D eigenvalue weighted by molar-refractivity contribution is 5.76. The number of rotatable bonds is 27. The van der Waals surface area contributed by atoms with Crippen molar-refractivity contribution in [3.8, 4) is 0 Å². The van der Waals surface area contributed by atoms with Crippen LogP contribution in [0, 0.1) is 0 Å². The smallest absolute Gasteiger partial charge is 0.320 e. The van der Waals surface area contributed by atoms with Crippen LogP contribution in [0.4, 0.5) is 0 Å². The lowest BCUT2D eigenvalue weighted by Gasteiger charge is -2.53. The third-order valence-corrected chi connectivity index (χ3v) is 25.7. The fourth-order valence-corrected chi connectivity index (χ4v) is 18.4. The Morgan fingerprint density at radius 1 is 0.220 bits per heavy atom. The second kappa shape index (κ2) is 31.5. The van der Waals surface area contributed by atoms with Crippen molar-refractivity contribution in [1.82, 2.24) is 49.0 Å². The predicted molar refractivity (Wildman–Crippen MR) is 396 cm³/mol. The van der Waals surface area contributed by atoms with Gasteiger partial charge in [0.05, 0.1) is 39.3 Å². The summed E-state index contributed by atoms with van der Waals surface area (Å²) in [7, 11) is 12.7. The maximum Gasteiger partial charge on any atom is 0.320 e. The van der Waals surface area contributed by atoms with Crippen molar-refractivity contribution in [2.45, 2.75) is 346 Å². The van der Waals surface area contributed by atoms with Crippen molar-refractivity contribution in [3.63, 3.8) is 0 Å². The van der Waals surface area contributed by atoms with Crippen LogP contribution in [0.2, 0.25) is 0 Å². The molecule has 0 aromatic heterocycles. The van der Waals surface area contributed by atoms with Gasteiger partial charge in [0.25, 0.3) is 0 Å². The van der Waals surface area contributed by atoms with E-state index < -0.39 is 35.8 Å². The lowest BCUT2D eigenvalue weighted by molar-refractivity contribution is -0.166. The Balaban J connectivity index is 1.34. The summed E-state index contributed by atoms with van der Waals surface area (Å²) < 4.78 is 38.4. The number of nitrogens with zero attached hydrogens (tertiary/aromatic N) is 10. The first-order valence-corrected chi connectivity index (χ1v) is 37.8. The Labute approximate surface area is 606 Å². The van der Waals surface area contributed by atoms with Crippen molar-refractivity contribution in [2.24, 2.45) is 0 Å². The monoisotopic (exact) mass is 1410 g/mol. The van der Waals surface area contributed by atoms with Gasteiger partial charge in [-0.15, -0.1) is 0 Å². The number of ether oxygens (including phenoxy) is 6. The molecular formula is C78H144N10O12. The first-order chi connectivity index (χ1) is 45.3. The SMILES string of the molecule is CN1C(C)(C)CC(OC(=O)CN(CCN(CCN(CC(=O)OC2CC(C)(C)N(C)C(C)(C)C2)CC(=O)OC2CC(C)(C)N(C)C(C)(C)C2)CC(=O)OC2CC(C)(C)N(C)C(C)(C)C2)CCN(CC(=O)OC2CC(C)(C)N(C)C(C)(C)C2)CC(=O)OC2CC(C)(C)N(C)C(C)(C)C2)CC1(C)C. The van der Waals surface area contributed by atoms with E-state index in [9.17, 15) is 28.8 Å². The second-order valence-corrected chi connectivity index (χ2v) is 39.2. The van der Waals surface area contributed by atoms with Crippen molar-refractivity contribution < 1.29 is 57.2 Å². The van der Waals surface area contributed by atoms with E-state index in [2.05, 4.69) is 238 Å². The molecule has 6 saturated heterocycles. The minimum absolute atomic E-state index is 0.133. The predicted octanol–water partition coefficient (Wildman–Crippen LogP) is 9.36. The van der Waals surface area contributed by atoms with Crippen LogP contribution >= 0.6 is 0 Å². The summed E-state index contributed by atoms with van der Waals surface area (Å²) in [4.78, 5) is 109. The Hall–Kier alpha value is -3.58. The summed E-state index contributed by atoms with van der Waals surface area (Å²) in [6.45, 7) is 52.1. The molecule has 0 radical (unpaired) electrons. The van der Waals surface area contributed by atoms with Gasteiger partial charge < -0.3 is 28.4 Å². The van der Waals surface area contributed by atoms with Crippen molar-refractivity contribution in [3.05, 3.63) is 0 Å². The molecule has 0 spiro atoms. The number of esters is 6. The van der Waals surface area contributed by atoms with Crippen LogP contribution in [0.15, 0.2) is 0 Å².